The normalized spacial score (nSPS) is 14.4. The Morgan fingerprint density at radius 3 is 2.60 bits per heavy atom. The summed E-state index contributed by atoms with van der Waals surface area (Å²) < 4.78 is 0. The van der Waals surface area contributed by atoms with Crippen molar-refractivity contribution in [3.05, 3.63) is 65.2 Å². The molecule has 1 saturated carbocycles. The average molecular weight is 283 g/mol. The average Bonchev–Trinajstić information content (AvgIpc) is 3.29. The second-order valence-electron chi connectivity index (χ2n) is 5.58. The third-order valence-corrected chi connectivity index (χ3v) is 4.66. The van der Waals surface area contributed by atoms with E-state index >= 15 is 0 Å². The van der Waals surface area contributed by atoms with Gasteiger partial charge in [-0.15, -0.1) is 11.8 Å². The third kappa shape index (κ3) is 4.12. The minimum absolute atomic E-state index is 0.777. The van der Waals surface area contributed by atoms with Crippen LogP contribution in [0.1, 0.15) is 29.5 Å². The molecule has 1 N–H and O–H groups in total. The lowest BCUT2D eigenvalue weighted by Crippen LogP contribution is -2.15. The molecule has 0 radical (unpaired) electrons. The van der Waals surface area contributed by atoms with E-state index in [0.29, 0.717) is 0 Å². The van der Waals surface area contributed by atoms with Gasteiger partial charge >= 0.3 is 0 Å². The molecule has 0 aliphatic heterocycles. The van der Waals surface area contributed by atoms with E-state index in [1.54, 1.807) is 0 Å². The van der Waals surface area contributed by atoms with Crippen molar-refractivity contribution >= 4 is 11.8 Å². The number of rotatable bonds is 6. The fourth-order valence-corrected chi connectivity index (χ4v) is 3.08. The maximum absolute atomic E-state index is 3.57. The van der Waals surface area contributed by atoms with E-state index in [1.807, 2.05) is 11.8 Å². The summed E-state index contributed by atoms with van der Waals surface area (Å²) in [6.07, 6.45) is 2.70. The van der Waals surface area contributed by atoms with Crippen LogP contribution in [0.15, 0.2) is 53.4 Å². The molecule has 0 saturated heterocycles. The molecule has 2 heteroatoms. The third-order valence-electron chi connectivity index (χ3n) is 3.60. The monoisotopic (exact) mass is 283 g/mol. The van der Waals surface area contributed by atoms with Gasteiger partial charge in [-0.1, -0.05) is 42.0 Å². The van der Waals surface area contributed by atoms with E-state index in [9.17, 15) is 0 Å². The number of nitrogens with one attached hydrogen (secondary N) is 1. The first kappa shape index (κ1) is 13.7. The molecule has 0 heterocycles. The summed E-state index contributed by atoms with van der Waals surface area (Å²) in [6.45, 7) is 3.14. The van der Waals surface area contributed by atoms with Crippen molar-refractivity contribution in [3.8, 4) is 0 Å². The molecule has 0 unspecified atom stereocenters. The number of benzene rings is 2. The van der Waals surface area contributed by atoms with Crippen molar-refractivity contribution in [2.45, 2.75) is 43.0 Å². The molecule has 3 rings (SSSR count). The molecule has 1 nitrogen and oxygen atoms in total. The second kappa shape index (κ2) is 6.47. The summed E-state index contributed by atoms with van der Waals surface area (Å²) >= 11 is 1.92. The van der Waals surface area contributed by atoms with E-state index < -0.39 is 0 Å². The summed E-state index contributed by atoms with van der Waals surface area (Å²) in [7, 11) is 0. The number of hydrogen-bond acceptors (Lipinski definition) is 2. The van der Waals surface area contributed by atoms with Gasteiger partial charge in [0, 0.05) is 23.2 Å². The van der Waals surface area contributed by atoms with Gasteiger partial charge in [-0.2, -0.15) is 0 Å². The fraction of sp³-hybridized carbons (Fsp3) is 0.333. The van der Waals surface area contributed by atoms with Gasteiger partial charge in [0.1, 0.15) is 0 Å². The number of hydrogen-bond donors (Lipinski definition) is 1. The summed E-state index contributed by atoms with van der Waals surface area (Å²) in [5.74, 6) is 1.04. The van der Waals surface area contributed by atoms with Gasteiger partial charge < -0.3 is 5.32 Å². The lowest BCUT2D eigenvalue weighted by atomic mass is 10.2. The maximum atomic E-state index is 3.57. The van der Waals surface area contributed by atoms with Crippen LogP contribution in [-0.4, -0.2) is 6.04 Å². The van der Waals surface area contributed by atoms with Crippen LogP contribution in [-0.2, 0) is 12.3 Å². The highest BCUT2D eigenvalue weighted by Gasteiger charge is 2.19. The highest BCUT2D eigenvalue weighted by atomic mass is 32.2. The van der Waals surface area contributed by atoms with Gasteiger partial charge in [0.05, 0.1) is 0 Å². The zero-order valence-electron chi connectivity index (χ0n) is 11.9. The van der Waals surface area contributed by atoms with E-state index in [2.05, 4.69) is 60.8 Å². The molecule has 1 aliphatic rings. The quantitative estimate of drug-likeness (QED) is 0.781. The fourth-order valence-electron chi connectivity index (χ4n) is 2.15. The molecule has 0 atom stereocenters. The molecular formula is C18H21NS. The Morgan fingerprint density at radius 2 is 1.85 bits per heavy atom. The number of aryl methyl sites for hydroxylation is 1. The molecule has 2 aromatic rings. The summed E-state index contributed by atoms with van der Waals surface area (Å²) in [5.41, 5.74) is 4.11. The van der Waals surface area contributed by atoms with Crippen LogP contribution in [0.3, 0.4) is 0 Å². The molecule has 0 spiro atoms. The van der Waals surface area contributed by atoms with Gasteiger partial charge in [0.2, 0.25) is 0 Å². The summed E-state index contributed by atoms with van der Waals surface area (Å²) in [5, 5.41) is 3.57. The SMILES string of the molecule is Cc1ccc(CSc2cccc(CNC3CC3)c2)cc1. The van der Waals surface area contributed by atoms with Gasteiger partial charge in [0.15, 0.2) is 0 Å². The molecule has 0 aromatic heterocycles. The Balaban J connectivity index is 1.56. The van der Waals surface area contributed by atoms with Crippen LogP contribution in [0.4, 0.5) is 0 Å². The summed E-state index contributed by atoms with van der Waals surface area (Å²) in [4.78, 5) is 1.36. The van der Waals surface area contributed by atoms with E-state index in [1.165, 1.54) is 34.4 Å². The topological polar surface area (TPSA) is 12.0 Å². The standard InChI is InChI=1S/C18H21NS/c1-14-5-7-15(8-6-14)13-20-18-4-2-3-16(11-18)12-19-17-9-10-17/h2-8,11,17,19H,9-10,12-13H2,1H3. The molecule has 20 heavy (non-hydrogen) atoms. The Kier molecular flexibility index (Phi) is 4.44. The Labute approximate surface area is 125 Å². The predicted molar refractivity (Wildman–Crippen MR) is 87.0 cm³/mol. The van der Waals surface area contributed by atoms with Gasteiger partial charge in [-0.25, -0.2) is 0 Å². The lowest BCUT2D eigenvalue weighted by Gasteiger charge is -2.06. The first-order valence-corrected chi connectivity index (χ1v) is 8.29. The van der Waals surface area contributed by atoms with Gasteiger partial charge in [-0.3, -0.25) is 0 Å². The van der Waals surface area contributed by atoms with Crippen molar-refractivity contribution in [2.24, 2.45) is 0 Å². The highest BCUT2D eigenvalue weighted by Crippen LogP contribution is 2.24. The molecule has 104 valence electrons. The van der Waals surface area contributed by atoms with Crippen LogP contribution in [0.2, 0.25) is 0 Å². The number of thioether (sulfide) groups is 1. The smallest absolute Gasteiger partial charge is 0.0231 e. The Morgan fingerprint density at radius 1 is 1.05 bits per heavy atom. The molecule has 0 bridgehead atoms. The highest BCUT2D eigenvalue weighted by molar-refractivity contribution is 7.98. The Bertz CT molecular complexity index is 558. The molecule has 2 aromatic carbocycles. The van der Waals surface area contributed by atoms with Crippen LogP contribution in [0.5, 0.6) is 0 Å². The van der Waals surface area contributed by atoms with E-state index in [4.69, 9.17) is 0 Å². The van der Waals surface area contributed by atoms with E-state index in [0.717, 1.165) is 18.3 Å². The first-order chi connectivity index (χ1) is 9.79. The predicted octanol–water partition coefficient (Wildman–Crippen LogP) is 4.54. The lowest BCUT2D eigenvalue weighted by molar-refractivity contribution is 0.687. The van der Waals surface area contributed by atoms with Crippen LogP contribution < -0.4 is 5.32 Å². The zero-order chi connectivity index (χ0) is 13.8. The first-order valence-electron chi connectivity index (χ1n) is 7.30. The molecule has 1 fully saturated rings. The second-order valence-corrected chi connectivity index (χ2v) is 6.63. The van der Waals surface area contributed by atoms with Crippen molar-refractivity contribution in [2.75, 3.05) is 0 Å². The minimum atomic E-state index is 0.777. The van der Waals surface area contributed by atoms with Gasteiger partial charge in [-0.05, 0) is 43.0 Å². The maximum Gasteiger partial charge on any atom is 0.0231 e. The van der Waals surface area contributed by atoms with Crippen LogP contribution in [0, 0.1) is 6.92 Å². The molecule has 1 aliphatic carbocycles. The zero-order valence-corrected chi connectivity index (χ0v) is 12.7. The van der Waals surface area contributed by atoms with Gasteiger partial charge in [0.25, 0.3) is 0 Å². The molecular weight excluding hydrogens is 262 g/mol. The van der Waals surface area contributed by atoms with Crippen LogP contribution in [0.25, 0.3) is 0 Å². The minimum Gasteiger partial charge on any atom is -0.310 e. The van der Waals surface area contributed by atoms with Crippen molar-refractivity contribution in [1.29, 1.82) is 0 Å². The van der Waals surface area contributed by atoms with Crippen molar-refractivity contribution in [3.63, 3.8) is 0 Å². The van der Waals surface area contributed by atoms with E-state index in [-0.39, 0.29) is 0 Å². The van der Waals surface area contributed by atoms with Crippen LogP contribution >= 0.6 is 11.8 Å². The van der Waals surface area contributed by atoms with Crippen molar-refractivity contribution < 1.29 is 0 Å². The van der Waals surface area contributed by atoms with Crippen molar-refractivity contribution in [1.82, 2.24) is 5.32 Å². The largest absolute Gasteiger partial charge is 0.310 e. The summed E-state index contributed by atoms with van der Waals surface area (Å²) in [6, 6.07) is 18.5. The molecule has 0 amide bonds. The Hall–Kier alpha value is -1.25.